The molecule has 42 heavy (non-hydrogen) atoms. The number of hydrogen-bond donors (Lipinski definition) is 4. The van der Waals surface area contributed by atoms with E-state index in [9.17, 15) is 19.2 Å². The molecule has 0 aromatic heterocycles. The van der Waals surface area contributed by atoms with Crippen molar-refractivity contribution in [2.45, 2.75) is 39.8 Å². The molecule has 4 N–H and O–H groups in total. The van der Waals surface area contributed by atoms with E-state index in [1.54, 1.807) is 76.2 Å². The SMILES string of the molecule is CCOC(=O)C1=C(C)NC(=O)N[C@H]1c1ccccc1OCCOc1ccccc1[C@@H]1NC(=O)NC(C)=C1C(=O)OCC. The monoisotopic (exact) mass is 578 g/mol. The molecule has 2 atom stereocenters. The summed E-state index contributed by atoms with van der Waals surface area (Å²) in [5.41, 5.74) is 2.51. The number of para-hydroxylation sites is 2. The minimum absolute atomic E-state index is 0.111. The van der Waals surface area contributed by atoms with Gasteiger partial charge in [-0.2, -0.15) is 0 Å². The van der Waals surface area contributed by atoms with Crippen LogP contribution in [0.25, 0.3) is 0 Å². The van der Waals surface area contributed by atoms with Gasteiger partial charge in [0.25, 0.3) is 0 Å². The third kappa shape index (κ3) is 6.65. The number of urea groups is 2. The van der Waals surface area contributed by atoms with E-state index in [1.165, 1.54) is 0 Å². The number of benzene rings is 2. The summed E-state index contributed by atoms with van der Waals surface area (Å²) in [7, 11) is 0. The van der Waals surface area contributed by atoms with Gasteiger partial charge in [-0.05, 0) is 39.8 Å². The lowest BCUT2D eigenvalue weighted by Crippen LogP contribution is -2.45. The molecule has 4 rings (SSSR count). The van der Waals surface area contributed by atoms with Crippen molar-refractivity contribution in [1.29, 1.82) is 0 Å². The number of allylic oxidation sites excluding steroid dienone is 2. The van der Waals surface area contributed by atoms with Crippen molar-refractivity contribution in [1.82, 2.24) is 21.3 Å². The molecule has 0 fully saturated rings. The van der Waals surface area contributed by atoms with Crippen LogP contribution in [0, 0.1) is 0 Å². The van der Waals surface area contributed by atoms with Crippen LogP contribution in [0.15, 0.2) is 71.1 Å². The van der Waals surface area contributed by atoms with Crippen molar-refractivity contribution in [3.05, 3.63) is 82.2 Å². The van der Waals surface area contributed by atoms with E-state index in [0.29, 0.717) is 34.0 Å². The number of carbonyl (C=O) groups excluding carboxylic acids is 4. The predicted molar refractivity (Wildman–Crippen MR) is 151 cm³/mol. The molecular weight excluding hydrogens is 544 g/mol. The van der Waals surface area contributed by atoms with Crippen molar-refractivity contribution < 1.29 is 38.1 Å². The van der Waals surface area contributed by atoms with Gasteiger partial charge in [0.2, 0.25) is 0 Å². The maximum Gasteiger partial charge on any atom is 0.338 e. The minimum atomic E-state index is -0.782. The highest BCUT2D eigenvalue weighted by Crippen LogP contribution is 2.35. The summed E-state index contributed by atoms with van der Waals surface area (Å²) in [5.74, 6) is -0.188. The number of ether oxygens (including phenoxy) is 4. The van der Waals surface area contributed by atoms with E-state index in [0.717, 1.165) is 0 Å². The highest BCUT2D eigenvalue weighted by atomic mass is 16.5. The van der Waals surface area contributed by atoms with Crippen molar-refractivity contribution in [2.24, 2.45) is 0 Å². The van der Waals surface area contributed by atoms with E-state index in [4.69, 9.17) is 18.9 Å². The Morgan fingerprint density at radius 1 is 0.667 bits per heavy atom. The molecule has 0 spiro atoms. The number of rotatable bonds is 11. The third-order valence-corrected chi connectivity index (χ3v) is 6.59. The molecule has 2 aliphatic rings. The first-order chi connectivity index (χ1) is 20.2. The van der Waals surface area contributed by atoms with Gasteiger partial charge in [-0.25, -0.2) is 19.2 Å². The summed E-state index contributed by atoms with van der Waals surface area (Å²) >= 11 is 0. The lowest BCUT2D eigenvalue weighted by Gasteiger charge is -2.29. The molecule has 0 saturated heterocycles. The van der Waals surface area contributed by atoms with Crippen molar-refractivity contribution in [2.75, 3.05) is 26.4 Å². The topological polar surface area (TPSA) is 153 Å². The molecule has 222 valence electrons. The molecule has 2 aromatic rings. The Hall–Kier alpha value is -5.00. The zero-order chi connectivity index (χ0) is 30.2. The Kier molecular flexibility index (Phi) is 9.69. The van der Waals surface area contributed by atoms with E-state index in [-0.39, 0.29) is 37.6 Å². The number of nitrogens with one attached hydrogen (secondary N) is 4. The first kappa shape index (κ1) is 30.0. The quantitative estimate of drug-likeness (QED) is 0.233. The van der Waals surface area contributed by atoms with Gasteiger partial charge in [0.15, 0.2) is 0 Å². The second-order valence-electron chi connectivity index (χ2n) is 9.35. The maximum atomic E-state index is 12.7. The molecule has 0 aliphatic carbocycles. The fourth-order valence-corrected chi connectivity index (χ4v) is 4.82. The van der Waals surface area contributed by atoms with Gasteiger partial charge in [-0.1, -0.05) is 36.4 Å². The summed E-state index contributed by atoms with van der Waals surface area (Å²) in [6.45, 7) is 7.29. The van der Waals surface area contributed by atoms with E-state index in [2.05, 4.69) is 21.3 Å². The fraction of sp³-hybridized carbons (Fsp3) is 0.333. The first-order valence-electron chi connectivity index (χ1n) is 13.6. The predicted octanol–water partition coefficient (Wildman–Crippen LogP) is 3.53. The van der Waals surface area contributed by atoms with Gasteiger partial charge in [0.05, 0.1) is 36.4 Å². The van der Waals surface area contributed by atoms with Gasteiger partial charge >= 0.3 is 24.0 Å². The van der Waals surface area contributed by atoms with Gasteiger partial charge in [0.1, 0.15) is 24.7 Å². The lowest BCUT2D eigenvalue weighted by molar-refractivity contribution is -0.140. The normalized spacial score (nSPS) is 18.3. The van der Waals surface area contributed by atoms with Crippen molar-refractivity contribution in [3.8, 4) is 11.5 Å². The Labute approximate surface area is 243 Å². The smallest absolute Gasteiger partial charge is 0.338 e. The van der Waals surface area contributed by atoms with Crippen molar-refractivity contribution in [3.63, 3.8) is 0 Å². The highest BCUT2D eigenvalue weighted by molar-refractivity contribution is 5.96. The van der Waals surface area contributed by atoms with Crippen LogP contribution in [-0.2, 0) is 19.1 Å². The average molecular weight is 579 g/mol. The second-order valence-corrected chi connectivity index (χ2v) is 9.35. The van der Waals surface area contributed by atoms with Crippen LogP contribution in [0.3, 0.4) is 0 Å². The lowest BCUT2D eigenvalue weighted by atomic mass is 9.95. The summed E-state index contributed by atoms with van der Waals surface area (Å²) in [5, 5.41) is 10.8. The van der Waals surface area contributed by atoms with Gasteiger partial charge in [0, 0.05) is 22.5 Å². The fourth-order valence-electron chi connectivity index (χ4n) is 4.82. The van der Waals surface area contributed by atoms with Crippen LogP contribution in [-0.4, -0.2) is 50.4 Å². The summed E-state index contributed by atoms with van der Waals surface area (Å²) in [6, 6.07) is 11.7. The molecule has 12 heteroatoms. The van der Waals surface area contributed by atoms with E-state index < -0.39 is 36.1 Å². The number of esters is 2. The molecule has 2 aromatic carbocycles. The van der Waals surface area contributed by atoms with Crippen LogP contribution in [0.5, 0.6) is 11.5 Å². The summed E-state index contributed by atoms with van der Waals surface area (Å²) < 4.78 is 22.5. The largest absolute Gasteiger partial charge is 0.490 e. The number of carbonyl (C=O) groups is 4. The Morgan fingerprint density at radius 2 is 1.05 bits per heavy atom. The molecular formula is C30H34N4O8. The van der Waals surface area contributed by atoms with Crippen LogP contribution in [0.1, 0.15) is 50.9 Å². The third-order valence-electron chi connectivity index (χ3n) is 6.59. The Balaban J connectivity index is 1.51. The molecule has 4 amide bonds. The number of hydrogen-bond acceptors (Lipinski definition) is 8. The van der Waals surface area contributed by atoms with Crippen LogP contribution >= 0.6 is 0 Å². The molecule has 12 nitrogen and oxygen atoms in total. The minimum Gasteiger partial charge on any atom is -0.490 e. The van der Waals surface area contributed by atoms with Crippen molar-refractivity contribution >= 4 is 24.0 Å². The van der Waals surface area contributed by atoms with Gasteiger partial charge in [-0.3, -0.25) is 0 Å². The zero-order valence-electron chi connectivity index (χ0n) is 23.9. The molecule has 0 radical (unpaired) electrons. The van der Waals surface area contributed by atoms with Crippen LogP contribution < -0.4 is 30.7 Å². The Bertz CT molecular complexity index is 1330. The van der Waals surface area contributed by atoms with Gasteiger partial charge < -0.3 is 40.2 Å². The Morgan fingerprint density at radius 3 is 1.43 bits per heavy atom. The molecule has 2 heterocycles. The van der Waals surface area contributed by atoms with E-state index in [1.807, 2.05) is 0 Å². The van der Waals surface area contributed by atoms with Crippen LogP contribution in [0.2, 0.25) is 0 Å². The van der Waals surface area contributed by atoms with Gasteiger partial charge in [-0.15, -0.1) is 0 Å². The van der Waals surface area contributed by atoms with Crippen LogP contribution in [0.4, 0.5) is 9.59 Å². The summed E-state index contributed by atoms with van der Waals surface area (Å²) in [6.07, 6.45) is 0. The first-order valence-corrected chi connectivity index (χ1v) is 13.6. The summed E-state index contributed by atoms with van der Waals surface area (Å²) in [4.78, 5) is 50.0. The molecule has 0 bridgehead atoms. The number of amides is 4. The zero-order valence-corrected chi connectivity index (χ0v) is 23.9. The average Bonchev–Trinajstić information content (AvgIpc) is 2.95. The molecule has 0 unspecified atom stereocenters. The van der Waals surface area contributed by atoms with E-state index >= 15 is 0 Å². The molecule has 2 aliphatic heterocycles. The standard InChI is InChI=1S/C30H34N4O8/c1-5-39-27(35)23-17(3)31-29(37)33-25(23)19-11-7-9-13-21(19)41-15-16-42-22-14-10-8-12-20(22)26-24(28(36)40-6-2)18(4)32-30(38)34-26/h7-14,25-26H,5-6,15-16H2,1-4H3,(H2,31,33,37)(H2,32,34,38)/t25-,26-/m0/s1. The highest BCUT2D eigenvalue weighted by Gasteiger charge is 2.35. The molecule has 0 saturated carbocycles. The maximum absolute atomic E-state index is 12.7. The second kappa shape index (κ2) is 13.6.